The van der Waals surface area contributed by atoms with Gasteiger partial charge in [-0.15, -0.1) is 9.24 Å². The smallest absolute Gasteiger partial charge is 0.0236 e. The largest absolute Gasteiger partial charge is 0.300 e. The van der Waals surface area contributed by atoms with Gasteiger partial charge in [-0.2, -0.15) is 0 Å². The van der Waals surface area contributed by atoms with Crippen LogP contribution in [0.2, 0.25) is 0 Å². The van der Waals surface area contributed by atoms with E-state index in [4.69, 9.17) is 0 Å². The number of likely N-dealkylation sites (tertiary alicyclic amines) is 1. The molecule has 7 heavy (non-hydrogen) atoms. The van der Waals surface area contributed by atoms with Crippen LogP contribution in [0.5, 0.6) is 0 Å². The zero-order valence-electron chi connectivity index (χ0n) is 4.72. The van der Waals surface area contributed by atoms with Crippen molar-refractivity contribution >= 4 is 9.24 Å². The van der Waals surface area contributed by atoms with Crippen LogP contribution in [0.15, 0.2) is 0 Å². The summed E-state index contributed by atoms with van der Waals surface area (Å²) in [7, 11) is 5.01. The van der Waals surface area contributed by atoms with Crippen molar-refractivity contribution in [3.05, 3.63) is 0 Å². The number of nitrogens with zero attached hydrogens (tertiary/aromatic N) is 1. The summed E-state index contributed by atoms with van der Waals surface area (Å²) < 4.78 is 0. The summed E-state index contributed by atoms with van der Waals surface area (Å²) in [6, 6.07) is 0. The van der Waals surface area contributed by atoms with Gasteiger partial charge in [-0.1, -0.05) is 0 Å². The Morgan fingerprint density at radius 1 is 1.71 bits per heavy atom. The maximum absolute atomic E-state index is 2.84. The molecular formula is C5H12NP. The van der Waals surface area contributed by atoms with Gasteiger partial charge in [0, 0.05) is 5.78 Å². The highest BCUT2D eigenvalue weighted by atomic mass is 31.0. The molecule has 2 unspecified atom stereocenters. The highest BCUT2D eigenvalue weighted by Gasteiger charge is 2.14. The monoisotopic (exact) mass is 117 g/mol. The van der Waals surface area contributed by atoms with Gasteiger partial charge in [-0.25, -0.2) is 0 Å². The van der Waals surface area contributed by atoms with E-state index in [9.17, 15) is 0 Å². The minimum atomic E-state index is 0.764. The lowest BCUT2D eigenvalue weighted by molar-refractivity contribution is 0.391. The van der Waals surface area contributed by atoms with Crippen molar-refractivity contribution in [3.63, 3.8) is 0 Å². The second-order valence-electron chi connectivity index (χ2n) is 2.19. The molecule has 0 aromatic rings. The molecule has 2 atom stereocenters. The van der Waals surface area contributed by atoms with Crippen LogP contribution in [0, 0.1) is 0 Å². The fraction of sp³-hybridized carbons (Fsp3) is 1.00. The van der Waals surface area contributed by atoms with Gasteiger partial charge in [0.2, 0.25) is 0 Å². The van der Waals surface area contributed by atoms with Crippen LogP contribution in [0.4, 0.5) is 0 Å². The number of hydrogen-bond donors (Lipinski definition) is 0. The molecule has 1 aliphatic rings. The van der Waals surface area contributed by atoms with Crippen LogP contribution >= 0.6 is 9.24 Å². The van der Waals surface area contributed by atoms with Gasteiger partial charge in [0.1, 0.15) is 0 Å². The highest BCUT2D eigenvalue weighted by Crippen LogP contribution is 2.19. The summed E-state index contributed by atoms with van der Waals surface area (Å²) in [6.45, 7) is 1.29. The first kappa shape index (κ1) is 5.53. The topological polar surface area (TPSA) is 3.24 Å². The molecule has 2 heteroatoms. The summed E-state index contributed by atoms with van der Waals surface area (Å²) in [6.07, 6.45) is 2.74. The first-order valence-electron chi connectivity index (χ1n) is 2.76. The second kappa shape index (κ2) is 2.11. The van der Waals surface area contributed by atoms with Crippen molar-refractivity contribution in [1.82, 2.24) is 4.90 Å². The zero-order valence-corrected chi connectivity index (χ0v) is 5.88. The van der Waals surface area contributed by atoms with Crippen LogP contribution in [0.1, 0.15) is 12.8 Å². The molecule has 0 N–H and O–H groups in total. The molecule has 1 saturated heterocycles. The van der Waals surface area contributed by atoms with Gasteiger partial charge in [-0.05, 0) is 26.4 Å². The Bertz CT molecular complexity index is 57.1. The number of hydrogen-bond acceptors (Lipinski definition) is 1. The van der Waals surface area contributed by atoms with Crippen LogP contribution in [-0.4, -0.2) is 24.3 Å². The Hall–Kier alpha value is 0.390. The van der Waals surface area contributed by atoms with E-state index >= 15 is 0 Å². The van der Waals surface area contributed by atoms with E-state index in [0.29, 0.717) is 0 Å². The minimum absolute atomic E-state index is 0.764. The Kier molecular flexibility index (Phi) is 1.66. The fourth-order valence-corrected chi connectivity index (χ4v) is 1.32. The molecule has 0 aromatic carbocycles. The summed E-state index contributed by atoms with van der Waals surface area (Å²) >= 11 is 0. The molecule has 1 aliphatic heterocycles. The lowest BCUT2D eigenvalue weighted by Gasteiger charge is -2.11. The Labute approximate surface area is 47.3 Å². The minimum Gasteiger partial charge on any atom is -0.300 e. The standard InChI is InChI=1S/C5H12NP/c1-6-4-2-3-5(6)7/h5H,2-4,7H2,1H3. The molecular weight excluding hydrogens is 105 g/mol. The third-order valence-electron chi connectivity index (χ3n) is 1.58. The molecule has 42 valence electrons. The second-order valence-corrected chi connectivity index (χ2v) is 2.96. The van der Waals surface area contributed by atoms with Crippen molar-refractivity contribution in [2.45, 2.75) is 18.6 Å². The van der Waals surface area contributed by atoms with Crippen molar-refractivity contribution in [3.8, 4) is 0 Å². The summed E-state index contributed by atoms with van der Waals surface area (Å²) in [5.41, 5.74) is 0. The van der Waals surface area contributed by atoms with E-state index in [-0.39, 0.29) is 0 Å². The number of rotatable bonds is 0. The van der Waals surface area contributed by atoms with E-state index in [1.807, 2.05) is 0 Å². The molecule has 1 heterocycles. The van der Waals surface area contributed by atoms with Crippen LogP contribution in [0.3, 0.4) is 0 Å². The molecule has 0 spiro atoms. The summed E-state index contributed by atoms with van der Waals surface area (Å²) in [5.74, 6) is 0.764. The molecule has 1 fully saturated rings. The average Bonchev–Trinajstić information content (AvgIpc) is 1.91. The van der Waals surface area contributed by atoms with Crippen molar-refractivity contribution in [2.75, 3.05) is 13.6 Å². The van der Waals surface area contributed by atoms with E-state index in [0.717, 1.165) is 5.78 Å². The molecule has 0 aromatic heterocycles. The molecule has 1 rings (SSSR count). The molecule has 0 saturated carbocycles. The van der Waals surface area contributed by atoms with Crippen LogP contribution in [-0.2, 0) is 0 Å². The normalized spacial score (nSPS) is 34.3. The van der Waals surface area contributed by atoms with Crippen molar-refractivity contribution in [1.29, 1.82) is 0 Å². The SMILES string of the molecule is CN1CCCC1P. The first-order chi connectivity index (χ1) is 3.30. The molecule has 0 bridgehead atoms. The molecule has 1 nitrogen and oxygen atoms in total. The van der Waals surface area contributed by atoms with Gasteiger partial charge >= 0.3 is 0 Å². The quantitative estimate of drug-likeness (QED) is 0.426. The Morgan fingerprint density at radius 3 is 2.57 bits per heavy atom. The Balaban J connectivity index is 2.33. The van der Waals surface area contributed by atoms with E-state index < -0.39 is 0 Å². The zero-order chi connectivity index (χ0) is 5.28. The third-order valence-corrected chi connectivity index (χ3v) is 2.42. The van der Waals surface area contributed by atoms with Crippen LogP contribution < -0.4 is 0 Å². The summed E-state index contributed by atoms with van der Waals surface area (Å²) in [4.78, 5) is 2.37. The Morgan fingerprint density at radius 2 is 2.43 bits per heavy atom. The molecule has 0 radical (unpaired) electrons. The van der Waals surface area contributed by atoms with Crippen molar-refractivity contribution < 1.29 is 0 Å². The van der Waals surface area contributed by atoms with Gasteiger partial charge in [0.05, 0.1) is 0 Å². The third kappa shape index (κ3) is 1.14. The maximum atomic E-state index is 2.84. The van der Waals surface area contributed by atoms with Gasteiger partial charge in [-0.3, -0.25) is 0 Å². The van der Waals surface area contributed by atoms with Gasteiger partial charge in [0.25, 0.3) is 0 Å². The molecule has 0 aliphatic carbocycles. The predicted octanol–water partition coefficient (Wildman–Crippen LogP) is 0.913. The lowest BCUT2D eigenvalue weighted by Crippen LogP contribution is -2.18. The lowest BCUT2D eigenvalue weighted by atomic mass is 10.4. The van der Waals surface area contributed by atoms with E-state index in [1.54, 1.807) is 0 Å². The van der Waals surface area contributed by atoms with Crippen molar-refractivity contribution in [2.24, 2.45) is 0 Å². The molecule has 0 amide bonds. The van der Waals surface area contributed by atoms with Crippen LogP contribution in [0.25, 0.3) is 0 Å². The van der Waals surface area contributed by atoms with E-state index in [2.05, 4.69) is 21.2 Å². The summed E-state index contributed by atoms with van der Waals surface area (Å²) in [5, 5.41) is 0. The first-order valence-corrected chi connectivity index (χ1v) is 3.43. The predicted molar refractivity (Wildman–Crippen MR) is 35.4 cm³/mol. The van der Waals surface area contributed by atoms with Gasteiger partial charge in [0.15, 0.2) is 0 Å². The fourth-order valence-electron chi connectivity index (χ4n) is 0.936. The van der Waals surface area contributed by atoms with Gasteiger partial charge < -0.3 is 4.90 Å². The maximum Gasteiger partial charge on any atom is 0.0236 e. The average molecular weight is 117 g/mol. The highest BCUT2D eigenvalue weighted by molar-refractivity contribution is 7.17. The van der Waals surface area contributed by atoms with E-state index in [1.165, 1.54) is 19.4 Å².